The van der Waals surface area contributed by atoms with Crippen LogP contribution in [0.15, 0.2) is 91.5 Å². The Morgan fingerprint density at radius 1 is 0.643 bits per heavy atom. The summed E-state index contributed by atoms with van der Waals surface area (Å²) in [7, 11) is 0. The molecule has 0 aliphatic carbocycles. The highest BCUT2D eigenvalue weighted by Gasteiger charge is 2.04. The van der Waals surface area contributed by atoms with Crippen LogP contribution < -0.4 is 5.32 Å². The predicted molar refractivity (Wildman–Crippen MR) is 114 cm³/mol. The van der Waals surface area contributed by atoms with Gasteiger partial charge in [-0.15, -0.1) is 0 Å². The molecule has 3 aromatic heterocycles. The zero-order chi connectivity index (χ0) is 18.8. The second kappa shape index (κ2) is 7.08. The van der Waals surface area contributed by atoms with Crippen LogP contribution in [0.3, 0.4) is 0 Å². The molecule has 5 aromatic rings. The van der Waals surface area contributed by atoms with Crippen molar-refractivity contribution in [1.82, 2.24) is 15.0 Å². The van der Waals surface area contributed by atoms with Gasteiger partial charge in [0.25, 0.3) is 0 Å². The maximum atomic E-state index is 4.55. The first-order valence-electron chi connectivity index (χ1n) is 9.23. The fourth-order valence-electron chi connectivity index (χ4n) is 3.34. The monoisotopic (exact) mass is 362 g/mol. The molecule has 0 saturated heterocycles. The predicted octanol–water partition coefficient (Wildman–Crippen LogP) is 5.46. The molecule has 0 bridgehead atoms. The lowest BCUT2D eigenvalue weighted by molar-refractivity contribution is 1.12. The van der Waals surface area contributed by atoms with Crippen molar-refractivity contribution in [1.29, 1.82) is 0 Å². The van der Waals surface area contributed by atoms with E-state index in [4.69, 9.17) is 0 Å². The summed E-state index contributed by atoms with van der Waals surface area (Å²) in [6, 6.07) is 22.7. The molecule has 0 spiro atoms. The molecule has 0 atom stereocenters. The molecule has 2 aromatic carbocycles. The second-order valence-electron chi connectivity index (χ2n) is 6.77. The summed E-state index contributed by atoms with van der Waals surface area (Å²) in [5.41, 5.74) is 6.22. The van der Waals surface area contributed by atoms with Gasteiger partial charge in [-0.25, -0.2) is 0 Å². The number of benzene rings is 2. The third-order valence-corrected chi connectivity index (χ3v) is 4.81. The van der Waals surface area contributed by atoms with Crippen LogP contribution in [0.25, 0.3) is 32.9 Å². The van der Waals surface area contributed by atoms with Crippen LogP contribution in [-0.4, -0.2) is 15.0 Å². The van der Waals surface area contributed by atoms with E-state index in [2.05, 4.69) is 50.6 Å². The normalized spacial score (nSPS) is 11.0. The van der Waals surface area contributed by atoms with E-state index >= 15 is 0 Å². The Hall–Kier alpha value is -3.79. The van der Waals surface area contributed by atoms with Gasteiger partial charge in [-0.3, -0.25) is 15.0 Å². The molecular weight excluding hydrogens is 344 g/mol. The zero-order valence-corrected chi connectivity index (χ0v) is 15.2. The lowest BCUT2D eigenvalue weighted by Crippen LogP contribution is -2.00. The molecule has 4 heteroatoms. The number of pyridine rings is 3. The molecule has 0 amide bonds. The standard InChI is InChI=1S/C24H18N4/c1-3-7-23-18(5-1)9-17(13-27-23)12-26-22-11-21(14-25-16-22)20-10-19-6-2-4-8-24(19)28-15-20/h1-11,13-16,26H,12H2. The minimum atomic E-state index is 0.693. The zero-order valence-electron chi connectivity index (χ0n) is 15.2. The summed E-state index contributed by atoms with van der Waals surface area (Å²) in [5.74, 6) is 0. The SMILES string of the molecule is c1ccc2ncc(CNc3cncc(-c4cnc5ccccc5c4)c3)cc2c1. The average molecular weight is 362 g/mol. The van der Waals surface area contributed by atoms with Crippen LogP contribution in [-0.2, 0) is 6.54 Å². The van der Waals surface area contributed by atoms with Gasteiger partial charge in [-0.05, 0) is 35.9 Å². The Morgan fingerprint density at radius 3 is 2.14 bits per heavy atom. The number of aromatic nitrogens is 3. The second-order valence-corrected chi connectivity index (χ2v) is 6.77. The summed E-state index contributed by atoms with van der Waals surface area (Å²) in [6.45, 7) is 0.693. The summed E-state index contributed by atoms with van der Waals surface area (Å²) in [4.78, 5) is 13.5. The first kappa shape index (κ1) is 16.4. The minimum Gasteiger partial charge on any atom is -0.380 e. The van der Waals surface area contributed by atoms with E-state index in [0.29, 0.717) is 6.54 Å². The Morgan fingerprint density at radius 2 is 1.32 bits per heavy atom. The molecule has 0 unspecified atom stereocenters. The number of anilines is 1. The van der Waals surface area contributed by atoms with Gasteiger partial charge in [0.2, 0.25) is 0 Å². The van der Waals surface area contributed by atoms with Crippen molar-refractivity contribution in [2.75, 3.05) is 5.32 Å². The van der Waals surface area contributed by atoms with Crippen LogP contribution >= 0.6 is 0 Å². The molecule has 1 N–H and O–H groups in total. The molecule has 28 heavy (non-hydrogen) atoms. The number of hydrogen-bond donors (Lipinski definition) is 1. The molecule has 134 valence electrons. The molecule has 0 fully saturated rings. The van der Waals surface area contributed by atoms with Gasteiger partial charge in [0.15, 0.2) is 0 Å². The van der Waals surface area contributed by atoms with Crippen molar-refractivity contribution in [3.8, 4) is 11.1 Å². The molecular formula is C24H18N4. The molecule has 3 heterocycles. The maximum Gasteiger partial charge on any atom is 0.0702 e. The third kappa shape index (κ3) is 3.28. The van der Waals surface area contributed by atoms with Crippen LogP contribution in [0, 0.1) is 0 Å². The van der Waals surface area contributed by atoms with Crippen LogP contribution in [0.5, 0.6) is 0 Å². The van der Waals surface area contributed by atoms with E-state index in [-0.39, 0.29) is 0 Å². The van der Waals surface area contributed by atoms with Gasteiger partial charge in [0, 0.05) is 53.2 Å². The van der Waals surface area contributed by atoms with E-state index in [1.54, 1.807) is 0 Å². The number of nitrogens with one attached hydrogen (secondary N) is 1. The van der Waals surface area contributed by atoms with Crippen LogP contribution in [0.2, 0.25) is 0 Å². The van der Waals surface area contributed by atoms with E-state index in [1.807, 2.05) is 61.2 Å². The Kier molecular flexibility index (Phi) is 4.14. The van der Waals surface area contributed by atoms with Gasteiger partial charge in [-0.2, -0.15) is 0 Å². The van der Waals surface area contributed by atoms with E-state index in [1.165, 1.54) is 0 Å². The van der Waals surface area contributed by atoms with Gasteiger partial charge in [-0.1, -0.05) is 36.4 Å². The first-order valence-corrected chi connectivity index (χ1v) is 9.23. The van der Waals surface area contributed by atoms with E-state index in [0.717, 1.165) is 44.2 Å². The lowest BCUT2D eigenvalue weighted by atomic mass is 10.1. The molecule has 0 aliphatic rings. The fourth-order valence-corrected chi connectivity index (χ4v) is 3.34. The topological polar surface area (TPSA) is 50.7 Å². The maximum absolute atomic E-state index is 4.55. The molecule has 4 nitrogen and oxygen atoms in total. The van der Waals surface area contributed by atoms with Crippen molar-refractivity contribution < 1.29 is 0 Å². The molecule has 5 rings (SSSR count). The summed E-state index contributed by atoms with van der Waals surface area (Å²) < 4.78 is 0. The van der Waals surface area contributed by atoms with Crippen LogP contribution in [0.4, 0.5) is 5.69 Å². The first-order chi connectivity index (χ1) is 13.8. The molecule has 0 radical (unpaired) electrons. The fraction of sp³-hybridized carbons (Fsp3) is 0.0417. The molecule has 0 saturated carbocycles. The van der Waals surface area contributed by atoms with E-state index in [9.17, 15) is 0 Å². The van der Waals surface area contributed by atoms with Crippen molar-refractivity contribution in [3.05, 3.63) is 97.1 Å². The van der Waals surface area contributed by atoms with Crippen molar-refractivity contribution >= 4 is 27.5 Å². The van der Waals surface area contributed by atoms with Crippen LogP contribution in [0.1, 0.15) is 5.56 Å². The van der Waals surface area contributed by atoms with Crippen molar-refractivity contribution in [2.24, 2.45) is 0 Å². The summed E-state index contributed by atoms with van der Waals surface area (Å²) in [6.07, 6.45) is 7.53. The Bertz CT molecular complexity index is 1280. The van der Waals surface area contributed by atoms with Gasteiger partial charge in [0.05, 0.1) is 16.7 Å². The number of rotatable bonds is 4. The van der Waals surface area contributed by atoms with Crippen molar-refractivity contribution in [2.45, 2.75) is 6.54 Å². The number of para-hydroxylation sites is 2. The average Bonchev–Trinajstić information content (AvgIpc) is 2.77. The lowest BCUT2D eigenvalue weighted by Gasteiger charge is -2.09. The number of hydrogen-bond acceptors (Lipinski definition) is 4. The number of fused-ring (bicyclic) bond motifs is 2. The molecule has 0 aliphatic heterocycles. The Balaban J connectivity index is 1.38. The van der Waals surface area contributed by atoms with Gasteiger partial charge >= 0.3 is 0 Å². The Labute approximate surface area is 162 Å². The largest absolute Gasteiger partial charge is 0.380 e. The minimum absolute atomic E-state index is 0.693. The highest BCUT2D eigenvalue weighted by Crippen LogP contribution is 2.24. The highest BCUT2D eigenvalue weighted by molar-refractivity contribution is 5.83. The quantitative estimate of drug-likeness (QED) is 0.461. The smallest absolute Gasteiger partial charge is 0.0702 e. The summed E-state index contributed by atoms with van der Waals surface area (Å²) >= 11 is 0. The highest BCUT2D eigenvalue weighted by atomic mass is 14.9. The van der Waals surface area contributed by atoms with Crippen molar-refractivity contribution in [3.63, 3.8) is 0 Å². The number of nitrogens with zero attached hydrogens (tertiary/aromatic N) is 3. The summed E-state index contributed by atoms with van der Waals surface area (Å²) in [5, 5.41) is 5.72. The van der Waals surface area contributed by atoms with E-state index < -0.39 is 0 Å². The third-order valence-electron chi connectivity index (χ3n) is 4.81. The van der Waals surface area contributed by atoms with Gasteiger partial charge < -0.3 is 5.32 Å². The van der Waals surface area contributed by atoms with Gasteiger partial charge in [0.1, 0.15) is 0 Å².